The zero-order valence-corrected chi connectivity index (χ0v) is 17.4. The maximum atomic E-state index is 13.3. The molecule has 7 nitrogen and oxygen atoms in total. The van der Waals surface area contributed by atoms with E-state index in [-0.39, 0.29) is 11.6 Å². The van der Waals surface area contributed by atoms with Crippen LogP contribution in [-0.2, 0) is 14.9 Å². The summed E-state index contributed by atoms with van der Waals surface area (Å²) in [6, 6.07) is 11.9. The molecule has 8 heteroatoms. The van der Waals surface area contributed by atoms with Crippen LogP contribution in [0.1, 0.15) is 31.2 Å². The number of hydrogen-bond acceptors (Lipinski definition) is 5. The second-order valence-electron chi connectivity index (χ2n) is 7.81. The number of carbonyl (C=O) groups is 1. The average Bonchev–Trinajstić information content (AvgIpc) is 3.26. The molecule has 0 aromatic heterocycles. The van der Waals surface area contributed by atoms with Crippen LogP contribution in [0.2, 0.25) is 5.02 Å². The fourth-order valence-corrected chi connectivity index (χ4v) is 4.72. The minimum absolute atomic E-state index is 0.0257. The van der Waals surface area contributed by atoms with Crippen LogP contribution in [0.4, 0.5) is 17.1 Å². The number of ether oxygens (including phenoxy) is 1. The molecule has 1 amide bonds. The molecule has 1 saturated heterocycles. The second-order valence-corrected chi connectivity index (χ2v) is 8.22. The predicted molar refractivity (Wildman–Crippen MR) is 116 cm³/mol. The number of hydrogen-bond donors (Lipinski definition) is 1. The highest BCUT2D eigenvalue weighted by Gasteiger charge is 2.43. The van der Waals surface area contributed by atoms with E-state index in [0.29, 0.717) is 23.9 Å². The normalized spacial score (nSPS) is 18.2. The lowest BCUT2D eigenvalue weighted by Gasteiger charge is -2.30. The van der Waals surface area contributed by atoms with Gasteiger partial charge in [-0.25, -0.2) is 0 Å². The topological polar surface area (TPSA) is 84.7 Å². The van der Waals surface area contributed by atoms with Gasteiger partial charge in [0.05, 0.1) is 34.3 Å². The summed E-state index contributed by atoms with van der Waals surface area (Å²) in [5.41, 5.74) is 1.75. The fourth-order valence-electron chi connectivity index (χ4n) is 4.42. The van der Waals surface area contributed by atoms with E-state index in [0.717, 1.165) is 50.0 Å². The molecule has 1 aliphatic carbocycles. The van der Waals surface area contributed by atoms with Gasteiger partial charge in [-0.15, -0.1) is 0 Å². The molecule has 0 radical (unpaired) electrons. The van der Waals surface area contributed by atoms with Gasteiger partial charge in [-0.2, -0.15) is 0 Å². The third kappa shape index (κ3) is 4.00. The summed E-state index contributed by atoms with van der Waals surface area (Å²) in [5.74, 6) is -0.0935. The molecule has 4 rings (SSSR count). The van der Waals surface area contributed by atoms with E-state index in [9.17, 15) is 14.9 Å². The third-order valence-electron chi connectivity index (χ3n) is 6.08. The van der Waals surface area contributed by atoms with Crippen molar-refractivity contribution in [2.24, 2.45) is 0 Å². The molecule has 0 bridgehead atoms. The summed E-state index contributed by atoms with van der Waals surface area (Å²) in [6.07, 6.45) is 3.33. The molecular weight excluding hydrogens is 406 g/mol. The van der Waals surface area contributed by atoms with E-state index in [1.54, 1.807) is 18.2 Å². The number of rotatable bonds is 5. The van der Waals surface area contributed by atoms with Gasteiger partial charge in [0, 0.05) is 30.9 Å². The van der Waals surface area contributed by atoms with Gasteiger partial charge in [0.15, 0.2) is 0 Å². The Hall–Kier alpha value is -2.64. The van der Waals surface area contributed by atoms with Crippen molar-refractivity contribution in [3.63, 3.8) is 0 Å². The first-order valence-electron chi connectivity index (χ1n) is 10.2. The monoisotopic (exact) mass is 429 g/mol. The maximum absolute atomic E-state index is 13.3. The van der Waals surface area contributed by atoms with Crippen molar-refractivity contribution in [1.82, 2.24) is 0 Å². The number of nitrogens with one attached hydrogen (secondary N) is 1. The lowest BCUT2D eigenvalue weighted by atomic mass is 9.78. The lowest BCUT2D eigenvalue weighted by molar-refractivity contribution is -0.384. The van der Waals surface area contributed by atoms with Crippen molar-refractivity contribution in [3.05, 3.63) is 63.2 Å². The molecule has 2 fully saturated rings. The summed E-state index contributed by atoms with van der Waals surface area (Å²) in [4.78, 5) is 26.1. The highest BCUT2D eigenvalue weighted by Crippen LogP contribution is 2.43. The number of nitro benzene ring substituents is 1. The quantitative estimate of drug-likeness (QED) is 0.557. The molecule has 2 aliphatic rings. The Balaban J connectivity index is 1.55. The van der Waals surface area contributed by atoms with Crippen molar-refractivity contribution in [1.29, 1.82) is 0 Å². The van der Waals surface area contributed by atoms with Crippen LogP contribution in [0, 0.1) is 10.1 Å². The van der Waals surface area contributed by atoms with E-state index in [2.05, 4.69) is 10.2 Å². The van der Waals surface area contributed by atoms with Crippen LogP contribution in [0.25, 0.3) is 0 Å². The number of nitrogens with zero attached hydrogens (tertiary/aromatic N) is 2. The molecule has 158 valence electrons. The predicted octanol–water partition coefficient (Wildman–Crippen LogP) is 4.54. The van der Waals surface area contributed by atoms with Crippen LogP contribution < -0.4 is 10.2 Å². The van der Waals surface area contributed by atoms with Gasteiger partial charge in [-0.3, -0.25) is 14.9 Å². The molecule has 30 heavy (non-hydrogen) atoms. The van der Waals surface area contributed by atoms with Crippen LogP contribution >= 0.6 is 11.6 Å². The summed E-state index contributed by atoms with van der Waals surface area (Å²) in [6.45, 7) is 2.92. The molecule has 0 atom stereocenters. The minimum atomic E-state index is -0.676. The number of nitro groups is 1. The number of non-ortho nitro benzene ring substituents is 1. The zero-order valence-electron chi connectivity index (χ0n) is 16.6. The van der Waals surface area contributed by atoms with E-state index in [1.165, 1.54) is 12.1 Å². The Kier molecular flexibility index (Phi) is 5.92. The smallest absolute Gasteiger partial charge is 0.269 e. The Morgan fingerprint density at radius 1 is 1.10 bits per heavy atom. The van der Waals surface area contributed by atoms with E-state index >= 15 is 0 Å². The van der Waals surface area contributed by atoms with Gasteiger partial charge in [0.2, 0.25) is 5.91 Å². The first-order chi connectivity index (χ1) is 14.5. The van der Waals surface area contributed by atoms with Gasteiger partial charge >= 0.3 is 0 Å². The Bertz CT molecular complexity index is 936. The van der Waals surface area contributed by atoms with Crippen LogP contribution in [0.5, 0.6) is 0 Å². The minimum Gasteiger partial charge on any atom is -0.378 e. The van der Waals surface area contributed by atoms with Gasteiger partial charge in [-0.05, 0) is 36.6 Å². The highest BCUT2D eigenvalue weighted by molar-refractivity contribution is 6.33. The first kappa shape index (κ1) is 20.6. The first-order valence-corrected chi connectivity index (χ1v) is 10.6. The zero-order chi connectivity index (χ0) is 21.1. The Labute approximate surface area is 180 Å². The molecule has 0 spiro atoms. The van der Waals surface area contributed by atoms with E-state index in [1.807, 2.05) is 12.1 Å². The standard InChI is InChI=1S/C22H24ClN3O4/c23-19-15-17(5-8-20(19)25-11-13-30-14-12-25)24-21(27)22(9-1-2-10-22)16-3-6-18(7-4-16)26(28)29/h3-8,15H,1-2,9-14H2,(H,24,27). The Morgan fingerprint density at radius 2 is 1.77 bits per heavy atom. The molecule has 2 aromatic rings. The number of halogens is 1. The van der Waals surface area contributed by atoms with Gasteiger partial charge in [0.25, 0.3) is 5.69 Å². The molecule has 1 aliphatic heterocycles. The van der Waals surface area contributed by atoms with Crippen molar-refractivity contribution >= 4 is 34.6 Å². The van der Waals surface area contributed by atoms with Crippen LogP contribution in [-0.4, -0.2) is 37.1 Å². The fraction of sp³-hybridized carbons (Fsp3) is 0.409. The molecular formula is C22H24ClN3O4. The maximum Gasteiger partial charge on any atom is 0.269 e. The summed E-state index contributed by atoms with van der Waals surface area (Å²) >= 11 is 6.51. The van der Waals surface area contributed by atoms with Crippen molar-refractivity contribution < 1.29 is 14.5 Å². The molecule has 1 heterocycles. The number of anilines is 2. The molecule has 2 aromatic carbocycles. The van der Waals surface area contributed by atoms with Crippen LogP contribution in [0.15, 0.2) is 42.5 Å². The number of morpholine rings is 1. The number of amides is 1. The number of carbonyl (C=O) groups excluding carboxylic acids is 1. The summed E-state index contributed by atoms with van der Waals surface area (Å²) in [5, 5.41) is 14.6. The molecule has 1 N–H and O–H groups in total. The lowest BCUT2D eigenvalue weighted by Crippen LogP contribution is -2.38. The van der Waals surface area contributed by atoms with Gasteiger partial charge in [-0.1, -0.05) is 36.6 Å². The molecule has 1 saturated carbocycles. The number of benzene rings is 2. The van der Waals surface area contributed by atoms with Crippen molar-refractivity contribution in [3.8, 4) is 0 Å². The van der Waals surface area contributed by atoms with Crippen LogP contribution in [0.3, 0.4) is 0 Å². The summed E-state index contributed by atoms with van der Waals surface area (Å²) in [7, 11) is 0. The third-order valence-corrected chi connectivity index (χ3v) is 6.38. The SMILES string of the molecule is O=C(Nc1ccc(N2CCOCC2)c(Cl)c1)C1(c2ccc([N+](=O)[O-])cc2)CCCC1. The largest absolute Gasteiger partial charge is 0.378 e. The highest BCUT2D eigenvalue weighted by atomic mass is 35.5. The van der Waals surface area contributed by atoms with Crippen molar-refractivity contribution in [2.45, 2.75) is 31.1 Å². The molecule has 0 unspecified atom stereocenters. The van der Waals surface area contributed by atoms with Gasteiger partial charge < -0.3 is 15.0 Å². The van der Waals surface area contributed by atoms with Crippen molar-refractivity contribution in [2.75, 3.05) is 36.5 Å². The average molecular weight is 430 g/mol. The van der Waals surface area contributed by atoms with E-state index in [4.69, 9.17) is 16.3 Å². The van der Waals surface area contributed by atoms with E-state index < -0.39 is 10.3 Å². The second kappa shape index (κ2) is 8.62. The summed E-state index contributed by atoms with van der Waals surface area (Å²) < 4.78 is 5.39. The van der Waals surface area contributed by atoms with Gasteiger partial charge in [0.1, 0.15) is 0 Å². The Morgan fingerprint density at radius 3 is 2.37 bits per heavy atom.